The van der Waals surface area contributed by atoms with Gasteiger partial charge in [-0.15, -0.1) is 0 Å². The summed E-state index contributed by atoms with van der Waals surface area (Å²) in [6.45, 7) is 0.180. The number of H-pyrrole nitrogens is 1. The van der Waals surface area contributed by atoms with Gasteiger partial charge in [0, 0.05) is 18.5 Å². The van der Waals surface area contributed by atoms with Crippen LogP contribution >= 0.6 is 23.2 Å². The Bertz CT molecular complexity index is 2030. The number of alkyl halides is 3. The van der Waals surface area contributed by atoms with Gasteiger partial charge < -0.3 is 14.8 Å². The van der Waals surface area contributed by atoms with E-state index in [0.717, 1.165) is 30.5 Å². The van der Waals surface area contributed by atoms with Gasteiger partial charge in [0.15, 0.2) is 11.5 Å². The average Bonchev–Trinajstić information content (AvgIpc) is 3.97. The highest BCUT2D eigenvalue weighted by atomic mass is 35.5. The molecule has 3 N–H and O–H groups in total. The van der Waals surface area contributed by atoms with E-state index in [-0.39, 0.29) is 68.5 Å². The molecule has 2 aromatic heterocycles. The molecule has 13 nitrogen and oxygen atoms in total. The van der Waals surface area contributed by atoms with Crippen molar-refractivity contribution in [2.75, 3.05) is 10.8 Å². The number of carbonyl (C=O) groups is 1. The zero-order valence-electron chi connectivity index (χ0n) is 25.0. The SMILES string of the molecule is O=C(NCC1(N(c2cc(Oc3c(Cl)cc(-n4nc(C(F)(F)F)c(=O)[nH]c4=O)cc3Cl)ncc2OCc2ccccc2)S(=O)O)CC1)C1CC1. The number of rotatable bonds is 12. The summed E-state index contributed by atoms with van der Waals surface area (Å²) in [7, 11) is 0. The highest BCUT2D eigenvalue weighted by molar-refractivity contribution is 7.80. The van der Waals surface area contributed by atoms with Crippen molar-refractivity contribution in [2.24, 2.45) is 5.92 Å². The number of carbonyl (C=O) groups excluding carboxylic acids is 1. The Hall–Kier alpha value is -4.45. The van der Waals surface area contributed by atoms with Gasteiger partial charge in [0.2, 0.25) is 17.5 Å². The molecule has 2 saturated carbocycles. The lowest BCUT2D eigenvalue weighted by Crippen LogP contribution is -2.47. The third-order valence-corrected chi connectivity index (χ3v) is 9.22. The van der Waals surface area contributed by atoms with Gasteiger partial charge in [-0.1, -0.05) is 53.5 Å². The Kier molecular flexibility index (Phi) is 9.45. The number of aromatic amines is 1. The molecule has 2 fully saturated rings. The van der Waals surface area contributed by atoms with Crippen LogP contribution in [0.5, 0.6) is 17.4 Å². The van der Waals surface area contributed by atoms with Gasteiger partial charge >= 0.3 is 11.9 Å². The lowest BCUT2D eigenvalue weighted by atomic mass is 10.2. The lowest BCUT2D eigenvalue weighted by molar-refractivity contribution is -0.143. The van der Waals surface area contributed by atoms with Crippen molar-refractivity contribution in [1.82, 2.24) is 25.1 Å². The quantitative estimate of drug-likeness (QED) is 0.169. The third kappa shape index (κ3) is 7.59. The Labute approximate surface area is 287 Å². The predicted octanol–water partition coefficient (Wildman–Crippen LogP) is 5.01. The monoisotopic (exact) mass is 740 g/mol. The van der Waals surface area contributed by atoms with Gasteiger partial charge in [-0.2, -0.15) is 23.0 Å². The molecule has 2 aromatic carbocycles. The van der Waals surface area contributed by atoms with E-state index < -0.39 is 39.9 Å². The number of halogens is 5. The molecule has 2 aliphatic rings. The summed E-state index contributed by atoms with van der Waals surface area (Å²) in [5, 5.41) is 5.45. The molecule has 6 rings (SSSR count). The maximum absolute atomic E-state index is 13.3. The van der Waals surface area contributed by atoms with Crippen molar-refractivity contribution in [3.05, 3.63) is 96.9 Å². The standard InChI is InChI=1S/C30H25Cl2F3N6O7S/c31-19-10-18(40-28(44)38-27(43)25(39-40)30(33,34)35)11-20(32)24(19)48-23-12-21(22(13-36-23)47-14-16-4-2-1-3-5-16)41(49(45)46)29(8-9-29)15-37-26(42)17-6-7-17/h1-5,10-13,17H,6-9,14-15H2,(H,37,42)(H,45,46)(H,38,43,44). The van der Waals surface area contributed by atoms with Gasteiger partial charge in [0.25, 0.3) is 16.8 Å². The minimum Gasteiger partial charge on any atom is -0.485 e. The van der Waals surface area contributed by atoms with E-state index in [1.807, 2.05) is 30.3 Å². The third-order valence-electron chi connectivity index (χ3n) is 7.76. The number of ether oxygens (including phenoxy) is 2. The largest absolute Gasteiger partial charge is 0.485 e. The average molecular weight is 742 g/mol. The Morgan fingerprint density at radius 3 is 2.41 bits per heavy atom. The van der Waals surface area contributed by atoms with Crippen molar-refractivity contribution in [3.63, 3.8) is 0 Å². The lowest BCUT2D eigenvalue weighted by Gasteiger charge is -2.31. The van der Waals surface area contributed by atoms with E-state index >= 15 is 0 Å². The molecule has 0 radical (unpaired) electrons. The summed E-state index contributed by atoms with van der Waals surface area (Å²) < 4.78 is 76.7. The van der Waals surface area contributed by atoms with Crippen LogP contribution in [-0.4, -0.2) is 46.5 Å². The van der Waals surface area contributed by atoms with Crippen molar-refractivity contribution in [2.45, 2.75) is 44.0 Å². The summed E-state index contributed by atoms with van der Waals surface area (Å²) >= 11 is 10.2. The minimum atomic E-state index is -5.16. The van der Waals surface area contributed by atoms with E-state index in [4.69, 9.17) is 32.7 Å². The predicted molar refractivity (Wildman–Crippen MR) is 172 cm³/mol. The molecule has 0 aliphatic heterocycles. The first-order chi connectivity index (χ1) is 23.3. The number of nitrogens with one attached hydrogen (secondary N) is 2. The number of benzene rings is 2. The van der Waals surface area contributed by atoms with Gasteiger partial charge in [-0.05, 0) is 43.4 Å². The van der Waals surface area contributed by atoms with Crippen molar-refractivity contribution >= 4 is 46.1 Å². The Morgan fingerprint density at radius 1 is 1.14 bits per heavy atom. The fourth-order valence-electron chi connectivity index (χ4n) is 4.95. The van der Waals surface area contributed by atoms with E-state index in [0.29, 0.717) is 12.8 Å². The highest BCUT2D eigenvalue weighted by Crippen LogP contribution is 2.48. The Morgan fingerprint density at radius 2 is 1.82 bits per heavy atom. The maximum atomic E-state index is 13.3. The fourth-order valence-corrected chi connectivity index (χ4v) is 6.39. The second-order valence-electron chi connectivity index (χ2n) is 11.4. The number of hydrogen-bond donors (Lipinski definition) is 3. The summed E-state index contributed by atoms with van der Waals surface area (Å²) in [5.74, 6) is -0.483. The van der Waals surface area contributed by atoms with Crippen molar-refractivity contribution < 1.29 is 36.2 Å². The molecule has 49 heavy (non-hydrogen) atoms. The van der Waals surface area contributed by atoms with Crippen LogP contribution in [0.1, 0.15) is 36.9 Å². The Balaban J connectivity index is 1.34. The molecule has 19 heteroatoms. The fraction of sp³-hybridized carbons (Fsp3) is 0.300. The van der Waals surface area contributed by atoms with Crippen LogP contribution < -0.4 is 30.3 Å². The number of aromatic nitrogens is 4. The summed E-state index contributed by atoms with van der Waals surface area (Å²) in [4.78, 5) is 42.2. The molecule has 1 amide bonds. The minimum absolute atomic E-state index is 0.0688. The molecule has 4 aromatic rings. The zero-order valence-corrected chi connectivity index (χ0v) is 27.3. The first-order valence-electron chi connectivity index (χ1n) is 14.6. The van der Waals surface area contributed by atoms with Crippen molar-refractivity contribution in [1.29, 1.82) is 0 Å². The van der Waals surface area contributed by atoms with Gasteiger partial charge in [0.05, 0.1) is 27.5 Å². The number of nitrogens with zero attached hydrogens (tertiary/aromatic N) is 4. The number of pyridine rings is 1. The molecule has 258 valence electrons. The molecule has 0 spiro atoms. The summed E-state index contributed by atoms with van der Waals surface area (Å²) in [6, 6.07) is 12.5. The second kappa shape index (κ2) is 13.5. The van der Waals surface area contributed by atoms with Crippen LogP contribution in [0, 0.1) is 5.92 Å². The van der Waals surface area contributed by atoms with Crippen LogP contribution in [0.3, 0.4) is 0 Å². The maximum Gasteiger partial charge on any atom is 0.440 e. The van der Waals surface area contributed by atoms with Crippen LogP contribution in [-0.2, 0) is 28.8 Å². The molecule has 2 aliphatic carbocycles. The molecule has 1 unspecified atom stereocenters. The number of amides is 1. The molecule has 0 saturated heterocycles. The summed E-state index contributed by atoms with van der Waals surface area (Å²) in [6.07, 6.45) is -1.35. The second-order valence-corrected chi connectivity index (χ2v) is 13.0. The first kappa shape index (κ1) is 34.4. The smallest absolute Gasteiger partial charge is 0.440 e. The van der Waals surface area contributed by atoms with Gasteiger partial charge in [0.1, 0.15) is 12.3 Å². The molecule has 1 atom stereocenters. The first-order valence-corrected chi connectivity index (χ1v) is 16.4. The number of hydrogen-bond acceptors (Lipinski definition) is 8. The van der Waals surface area contributed by atoms with E-state index in [1.54, 1.807) is 4.98 Å². The highest BCUT2D eigenvalue weighted by Gasteiger charge is 2.52. The molecular formula is C30H25Cl2F3N6O7S. The molecule has 2 heterocycles. The van der Waals surface area contributed by atoms with E-state index in [2.05, 4.69) is 15.4 Å². The van der Waals surface area contributed by atoms with Crippen molar-refractivity contribution in [3.8, 4) is 23.1 Å². The molecular weight excluding hydrogens is 716 g/mol. The number of anilines is 1. The molecule has 0 bridgehead atoms. The topological polar surface area (TPSA) is 169 Å². The van der Waals surface area contributed by atoms with Gasteiger partial charge in [-0.3, -0.25) is 23.4 Å². The van der Waals surface area contributed by atoms with Gasteiger partial charge in [-0.25, -0.2) is 14.0 Å². The van der Waals surface area contributed by atoms with Crippen LogP contribution in [0.2, 0.25) is 10.0 Å². The van der Waals surface area contributed by atoms with Crippen LogP contribution in [0.25, 0.3) is 5.69 Å². The van der Waals surface area contributed by atoms with E-state index in [9.17, 15) is 36.3 Å². The zero-order chi connectivity index (χ0) is 35.1. The van der Waals surface area contributed by atoms with Crippen LogP contribution in [0.4, 0.5) is 18.9 Å². The van der Waals surface area contributed by atoms with Crippen LogP contribution in [0.15, 0.2) is 64.3 Å². The normalized spacial score (nSPS) is 15.7. The summed E-state index contributed by atoms with van der Waals surface area (Å²) in [5.41, 5.74) is -5.20. The van der Waals surface area contributed by atoms with E-state index in [1.165, 1.54) is 16.6 Å².